The molecule has 0 unspecified atom stereocenters. The van der Waals surface area contributed by atoms with Crippen molar-refractivity contribution in [1.82, 2.24) is 4.98 Å². The van der Waals surface area contributed by atoms with E-state index in [0.29, 0.717) is 17.8 Å². The molecule has 0 fully saturated rings. The highest BCUT2D eigenvalue weighted by atomic mass is 19.1. The van der Waals surface area contributed by atoms with Gasteiger partial charge in [0, 0.05) is 23.3 Å². The molecule has 0 atom stereocenters. The summed E-state index contributed by atoms with van der Waals surface area (Å²) in [5.41, 5.74) is 2.25. The number of anilines is 1. The number of ether oxygens (including phenoxy) is 1. The molecule has 0 bridgehead atoms. The summed E-state index contributed by atoms with van der Waals surface area (Å²) in [5, 5.41) is 3.20. The van der Waals surface area contributed by atoms with Gasteiger partial charge in [0.2, 0.25) is 6.41 Å². The number of aryl methyl sites for hydroxylation is 1. The van der Waals surface area contributed by atoms with Gasteiger partial charge < -0.3 is 10.1 Å². The first-order valence-corrected chi connectivity index (χ1v) is 6.70. The highest BCUT2D eigenvalue weighted by Gasteiger charge is 2.09. The molecular formula is C17H13FN2O2. The van der Waals surface area contributed by atoms with Crippen molar-refractivity contribution in [3.63, 3.8) is 0 Å². The van der Waals surface area contributed by atoms with Crippen LogP contribution in [0.3, 0.4) is 0 Å². The predicted octanol–water partition coefficient (Wildman–Crippen LogP) is 4.04. The molecule has 22 heavy (non-hydrogen) atoms. The summed E-state index contributed by atoms with van der Waals surface area (Å²) < 4.78 is 19.7. The number of hydrogen-bond donors (Lipinski definition) is 1. The number of nitrogens with one attached hydrogen (secondary N) is 1. The minimum atomic E-state index is -0.552. The minimum absolute atomic E-state index is 0.0875. The number of hydrogen-bond acceptors (Lipinski definition) is 3. The average molecular weight is 296 g/mol. The topological polar surface area (TPSA) is 51.2 Å². The molecule has 0 aliphatic heterocycles. The SMILES string of the molecule is Cc1ccc2c(Oc3ccc(NC=O)cc3F)ccnc2c1. The van der Waals surface area contributed by atoms with Crippen LogP contribution in [0.1, 0.15) is 5.56 Å². The van der Waals surface area contributed by atoms with Crippen LogP contribution in [0, 0.1) is 12.7 Å². The molecule has 2 aromatic carbocycles. The average Bonchev–Trinajstić information content (AvgIpc) is 2.50. The molecule has 1 N–H and O–H groups in total. The molecule has 0 saturated carbocycles. The van der Waals surface area contributed by atoms with Crippen LogP contribution in [0.4, 0.5) is 10.1 Å². The van der Waals surface area contributed by atoms with Crippen molar-refractivity contribution in [1.29, 1.82) is 0 Å². The molecule has 5 heteroatoms. The molecular weight excluding hydrogens is 283 g/mol. The first kappa shape index (κ1) is 14.0. The second-order valence-electron chi connectivity index (χ2n) is 4.84. The first-order chi connectivity index (χ1) is 10.7. The van der Waals surface area contributed by atoms with Gasteiger partial charge in [0.05, 0.1) is 5.52 Å². The lowest BCUT2D eigenvalue weighted by Crippen LogP contribution is -1.96. The Kier molecular flexibility index (Phi) is 3.70. The number of pyridine rings is 1. The largest absolute Gasteiger partial charge is 0.454 e. The summed E-state index contributed by atoms with van der Waals surface area (Å²) in [7, 11) is 0. The van der Waals surface area contributed by atoms with E-state index >= 15 is 0 Å². The number of fused-ring (bicyclic) bond motifs is 1. The van der Waals surface area contributed by atoms with Gasteiger partial charge in [0.15, 0.2) is 11.6 Å². The molecule has 4 nitrogen and oxygen atoms in total. The predicted molar refractivity (Wildman–Crippen MR) is 82.6 cm³/mol. The highest BCUT2D eigenvalue weighted by molar-refractivity contribution is 5.85. The van der Waals surface area contributed by atoms with Crippen LogP contribution in [-0.4, -0.2) is 11.4 Å². The quantitative estimate of drug-likeness (QED) is 0.739. The Hall–Kier alpha value is -2.95. The molecule has 3 rings (SSSR count). The summed E-state index contributed by atoms with van der Waals surface area (Å²) in [5.74, 6) is 0.0634. The lowest BCUT2D eigenvalue weighted by molar-refractivity contribution is -0.105. The van der Waals surface area contributed by atoms with Crippen molar-refractivity contribution < 1.29 is 13.9 Å². The standard InChI is InChI=1S/C17H13FN2O2/c1-11-2-4-13-15(8-11)19-7-6-16(13)22-17-5-3-12(20-10-21)9-14(17)18/h2-10H,1H3,(H,20,21). The zero-order valence-corrected chi connectivity index (χ0v) is 11.8. The van der Waals surface area contributed by atoms with Crippen molar-refractivity contribution in [3.8, 4) is 11.5 Å². The van der Waals surface area contributed by atoms with Crippen LogP contribution in [0.2, 0.25) is 0 Å². The molecule has 110 valence electrons. The Bertz CT molecular complexity index is 849. The number of halogens is 1. The van der Waals surface area contributed by atoms with Gasteiger partial charge in [-0.15, -0.1) is 0 Å². The van der Waals surface area contributed by atoms with Crippen LogP contribution in [0.5, 0.6) is 11.5 Å². The molecule has 0 aliphatic carbocycles. The van der Waals surface area contributed by atoms with Gasteiger partial charge >= 0.3 is 0 Å². The summed E-state index contributed by atoms with van der Waals surface area (Å²) in [6.45, 7) is 1.98. The number of carbonyl (C=O) groups is 1. The number of carbonyl (C=O) groups excluding carboxylic acids is 1. The van der Waals surface area contributed by atoms with Gasteiger partial charge in [-0.2, -0.15) is 0 Å². The van der Waals surface area contributed by atoms with Crippen molar-refractivity contribution in [2.45, 2.75) is 6.92 Å². The third-order valence-electron chi connectivity index (χ3n) is 3.24. The van der Waals surface area contributed by atoms with Crippen molar-refractivity contribution in [2.75, 3.05) is 5.32 Å². The molecule has 0 aliphatic rings. The Morgan fingerprint density at radius 2 is 2.00 bits per heavy atom. The molecule has 0 radical (unpaired) electrons. The van der Waals surface area contributed by atoms with E-state index in [1.54, 1.807) is 18.3 Å². The Labute approximate surface area is 126 Å². The van der Waals surface area contributed by atoms with Crippen molar-refractivity contribution in [3.05, 3.63) is 60.0 Å². The number of amides is 1. The fourth-order valence-corrected chi connectivity index (χ4v) is 2.18. The van der Waals surface area contributed by atoms with Crippen LogP contribution >= 0.6 is 0 Å². The maximum Gasteiger partial charge on any atom is 0.211 e. The third kappa shape index (κ3) is 2.74. The van der Waals surface area contributed by atoms with E-state index in [1.165, 1.54) is 12.1 Å². The highest BCUT2D eigenvalue weighted by Crippen LogP contribution is 2.31. The molecule has 0 spiro atoms. The fraction of sp³-hybridized carbons (Fsp3) is 0.0588. The zero-order valence-electron chi connectivity index (χ0n) is 11.8. The normalized spacial score (nSPS) is 10.5. The van der Waals surface area contributed by atoms with E-state index < -0.39 is 5.82 Å². The first-order valence-electron chi connectivity index (χ1n) is 6.70. The minimum Gasteiger partial charge on any atom is -0.454 e. The van der Waals surface area contributed by atoms with Gasteiger partial charge in [0.25, 0.3) is 0 Å². The second kappa shape index (κ2) is 5.81. The van der Waals surface area contributed by atoms with Crippen LogP contribution in [0.25, 0.3) is 10.9 Å². The Morgan fingerprint density at radius 1 is 1.14 bits per heavy atom. The van der Waals surface area contributed by atoms with Gasteiger partial charge in [-0.05, 0) is 42.8 Å². The molecule has 3 aromatic rings. The molecule has 1 heterocycles. The van der Waals surface area contributed by atoms with E-state index in [-0.39, 0.29) is 5.75 Å². The zero-order chi connectivity index (χ0) is 15.5. The fourth-order valence-electron chi connectivity index (χ4n) is 2.18. The van der Waals surface area contributed by atoms with Crippen molar-refractivity contribution in [2.24, 2.45) is 0 Å². The maximum atomic E-state index is 14.0. The summed E-state index contributed by atoms with van der Waals surface area (Å²) >= 11 is 0. The van der Waals surface area contributed by atoms with E-state index in [4.69, 9.17) is 4.74 Å². The van der Waals surface area contributed by atoms with E-state index in [2.05, 4.69) is 10.3 Å². The molecule has 0 saturated heterocycles. The van der Waals surface area contributed by atoms with Gasteiger partial charge in [-0.25, -0.2) is 4.39 Å². The third-order valence-corrected chi connectivity index (χ3v) is 3.24. The number of benzene rings is 2. The van der Waals surface area contributed by atoms with E-state index in [1.807, 2.05) is 25.1 Å². The number of aromatic nitrogens is 1. The van der Waals surface area contributed by atoms with Gasteiger partial charge in [-0.1, -0.05) is 6.07 Å². The molecule has 1 aromatic heterocycles. The number of rotatable bonds is 4. The smallest absolute Gasteiger partial charge is 0.211 e. The van der Waals surface area contributed by atoms with Gasteiger partial charge in [-0.3, -0.25) is 9.78 Å². The van der Waals surface area contributed by atoms with Crippen LogP contribution in [-0.2, 0) is 4.79 Å². The lowest BCUT2D eigenvalue weighted by atomic mass is 10.1. The van der Waals surface area contributed by atoms with E-state index in [0.717, 1.165) is 16.5 Å². The Morgan fingerprint density at radius 3 is 2.77 bits per heavy atom. The Balaban J connectivity index is 1.98. The monoisotopic (exact) mass is 296 g/mol. The van der Waals surface area contributed by atoms with E-state index in [9.17, 15) is 9.18 Å². The summed E-state index contributed by atoms with van der Waals surface area (Å²) in [6, 6.07) is 11.7. The van der Waals surface area contributed by atoms with Crippen molar-refractivity contribution >= 4 is 23.0 Å². The number of nitrogens with zero attached hydrogens (tertiary/aromatic N) is 1. The van der Waals surface area contributed by atoms with Gasteiger partial charge in [0.1, 0.15) is 5.75 Å². The summed E-state index contributed by atoms with van der Waals surface area (Å²) in [4.78, 5) is 14.6. The molecule has 1 amide bonds. The lowest BCUT2D eigenvalue weighted by Gasteiger charge is -2.10. The maximum absolute atomic E-state index is 14.0. The second-order valence-corrected chi connectivity index (χ2v) is 4.84. The van der Waals surface area contributed by atoms with Crippen LogP contribution < -0.4 is 10.1 Å². The van der Waals surface area contributed by atoms with Crippen LogP contribution in [0.15, 0.2) is 48.7 Å². The summed E-state index contributed by atoms with van der Waals surface area (Å²) in [6.07, 6.45) is 2.12.